The summed E-state index contributed by atoms with van der Waals surface area (Å²) in [5.41, 5.74) is 5.47. The predicted molar refractivity (Wildman–Crippen MR) is 89.7 cm³/mol. The predicted octanol–water partition coefficient (Wildman–Crippen LogP) is 3.50. The lowest BCUT2D eigenvalue weighted by molar-refractivity contribution is 0.386. The zero-order chi connectivity index (χ0) is 16.4. The molecule has 2 aromatic rings. The molecule has 120 valence electrons. The number of benzene rings is 2. The summed E-state index contributed by atoms with van der Waals surface area (Å²) in [4.78, 5) is 0. The summed E-state index contributed by atoms with van der Waals surface area (Å²) < 4.78 is 10.7. The van der Waals surface area contributed by atoms with Gasteiger partial charge in [0.15, 0.2) is 0 Å². The van der Waals surface area contributed by atoms with Crippen LogP contribution in [0.25, 0.3) is 0 Å². The summed E-state index contributed by atoms with van der Waals surface area (Å²) in [7, 11) is 3.24. The van der Waals surface area contributed by atoms with E-state index in [1.54, 1.807) is 32.4 Å². The minimum atomic E-state index is -0.0377. The van der Waals surface area contributed by atoms with Crippen molar-refractivity contribution in [1.82, 2.24) is 5.43 Å². The number of phenols is 1. The Morgan fingerprint density at radius 1 is 1.17 bits per heavy atom. The molecular formula is C17H17ClN2O3. The first-order valence-corrected chi connectivity index (χ1v) is 7.53. The molecule has 1 aliphatic rings. The van der Waals surface area contributed by atoms with E-state index in [0.29, 0.717) is 17.0 Å². The van der Waals surface area contributed by atoms with E-state index in [1.165, 1.54) is 0 Å². The highest BCUT2D eigenvalue weighted by Crippen LogP contribution is 2.35. The molecule has 6 heteroatoms. The first kappa shape index (κ1) is 15.5. The fourth-order valence-corrected chi connectivity index (χ4v) is 2.81. The second-order valence-electron chi connectivity index (χ2n) is 5.21. The van der Waals surface area contributed by atoms with Crippen LogP contribution in [0.1, 0.15) is 23.6 Å². The summed E-state index contributed by atoms with van der Waals surface area (Å²) in [5, 5.41) is 14.9. The third-order valence-electron chi connectivity index (χ3n) is 3.84. The highest BCUT2D eigenvalue weighted by molar-refractivity contribution is 6.31. The molecule has 1 heterocycles. The van der Waals surface area contributed by atoms with Gasteiger partial charge in [-0.2, -0.15) is 5.10 Å². The van der Waals surface area contributed by atoms with Crippen LogP contribution in [-0.4, -0.2) is 25.0 Å². The molecule has 0 aliphatic carbocycles. The van der Waals surface area contributed by atoms with Gasteiger partial charge in [0.25, 0.3) is 0 Å². The molecular weight excluding hydrogens is 316 g/mol. The van der Waals surface area contributed by atoms with Crippen molar-refractivity contribution in [3.8, 4) is 17.2 Å². The number of phenolic OH excluding ortho intramolecular Hbond substituents is 1. The lowest BCUT2D eigenvalue weighted by Gasteiger charge is -2.15. The summed E-state index contributed by atoms with van der Waals surface area (Å²) in [6.07, 6.45) is 0.622. The number of hydrazone groups is 1. The molecule has 5 nitrogen and oxygen atoms in total. The highest BCUT2D eigenvalue weighted by atomic mass is 35.5. The maximum Gasteiger partial charge on any atom is 0.127 e. The Labute approximate surface area is 139 Å². The van der Waals surface area contributed by atoms with Gasteiger partial charge in [-0.15, -0.1) is 0 Å². The number of hydrogen-bond donors (Lipinski definition) is 2. The summed E-state index contributed by atoms with van der Waals surface area (Å²) in [6.45, 7) is 0. The molecule has 2 N–H and O–H groups in total. The first-order chi connectivity index (χ1) is 11.1. The van der Waals surface area contributed by atoms with Crippen molar-refractivity contribution in [3.05, 3.63) is 52.5 Å². The largest absolute Gasteiger partial charge is 0.507 e. The zero-order valence-corrected chi connectivity index (χ0v) is 13.6. The van der Waals surface area contributed by atoms with Crippen LogP contribution in [0.15, 0.2) is 41.5 Å². The van der Waals surface area contributed by atoms with E-state index in [9.17, 15) is 5.11 Å². The molecule has 0 bridgehead atoms. The van der Waals surface area contributed by atoms with E-state index in [2.05, 4.69) is 10.5 Å². The van der Waals surface area contributed by atoms with E-state index in [-0.39, 0.29) is 11.8 Å². The van der Waals surface area contributed by atoms with Crippen LogP contribution in [0, 0.1) is 0 Å². The highest BCUT2D eigenvalue weighted by Gasteiger charge is 2.25. The van der Waals surface area contributed by atoms with Crippen LogP contribution < -0.4 is 14.9 Å². The van der Waals surface area contributed by atoms with Crippen LogP contribution >= 0.6 is 11.6 Å². The van der Waals surface area contributed by atoms with Crippen molar-refractivity contribution >= 4 is 17.3 Å². The number of hydrogen-bond acceptors (Lipinski definition) is 5. The Hall–Kier alpha value is -2.40. The van der Waals surface area contributed by atoms with Crippen molar-refractivity contribution in [3.63, 3.8) is 0 Å². The van der Waals surface area contributed by atoms with E-state index < -0.39 is 0 Å². The molecule has 0 fully saturated rings. The molecule has 3 rings (SSSR count). The second-order valence-corrected chi connectivity index (χ2v) is 5.65. The lowest BCUT2D eigenvalue weighted by Crippen LogP contribution is -2.11. The Morgan fingerprint density at radius 3 is 2.74 bits per heavy atom. The third-order valence-corrected chi connectivity index (χ3v) is 4.07. The Balaban J connectivity index is 1.86. The van der Waals surface area contributed by atoms with Crippen LogP contribution in [-0.2, 0) is 0 Å². The second kappa shape index (κ2) is 6.38. The van der Waals surface area contributed by atoms with Crippen LogP contribution in [0.2, 0.25) is 5.02 Å². The molecule has 1 aliphatic heterocycles. The summed E-state index contributed by atoms with van der Waals surface area (Å²) in [5.74, 6) is 1.63. The van der Waals surface area contributed by atoms with Crippen molar-refractivity contribution in [2.75, 3.05) is 14.2 Å². The molecule has 0 aromatic heterocycles. The third kappa shape index (κ3) is 3.05. The van der Waals surface area contributed by atoms with Crippen molar-refractivity contribution < 1.29 is 14.6 Å². The molecule has 0 radical (unpaired) electrons. The van der Waals surface area contributed by atoms with Gasteiger partial charge >= 0.3 is 0 Å². The quantitative estimate of drug-likeness (QED) is 0.899. The average Bonchev–Trinajstić information content (AvgIpc) is 3.06. The van der Waals surface area contributed by atoms with Gasteiger partial charge in [0.2, 0.25) is 0 Å². The Morgan fingerprint density at radius 2 is 2.00 bits per heavy atom. The average molecular weight is 333 g/mol. The lowest BCUT2D eigenvalue weighted by atomic mass is 9.98. The molecule has 1 unspecified atom stereocenters. The van der Waals surface area contributed by atoms with Crippen molar-refractivity contribution in [1.29, 1.82) is 0 Å². The van der Waals surface area contributed by atoms with Gasteiger partial charge in [0, 0.05) is 28.6 Å². The topological polar surface area (TPSA) is 63.1 Å². The molecule has 0 amide bonds. The minimum absolute atomic E-state index is 0.0377. The van der Waals surface area contributed by atoms with E-state index in [1.807, 2.05) is 18.2 Å². The Kier molecular flexibility index (Phi) is 4.30. The van der Waals surface area contributed by atoms with Crippen LogP contribution in [0.4, 0.5) is 0 Å². The van der Waals surface area contributed by atoms with E-state index in [0.717, 1.165) is 22.8 Å². The number of ether oxygens (including phenoxy) is 2. The zero-order valence-electron chi connectivity index (χ0n) is 12.8. The maximum absolute atomic E-state index is 10.0. The molecule has 2 aromatic carbocycles. The smallest absolute Gasteiger partial charge is 0.127 e. The maximum atomic E-state index is 10.0. The van der Waals surface area contributed by atoms with Gasteiger partial charge in [-0.3, -0.25) is 0 Å². The molecule has 1 atom stereocenters. The number of nitrogens with zero attached hydrogens (tertiary/aromatic N) is 1. The van der Waals surface area contributed by atoms with Crippen LogP contribution in [0.3, 0.4) is 0 Å². The normalized spacial score (nSPS) is 16.7. The molecule has 0 spiro atoms. The number of aromatic hydroxyl groups is 1. The minimum Gasteiger partial charge on any atom is -0.507 e. The number of nitrogens with one attached hydrogen (secondary N) is 1. The first-order valence-electron chi connectivity index (χ1n) is 7.15. The molecule has 0 saturated carbocycles. The van der Waals surface area contributed by atoms with Crippen molar-refractivity contribution in [2.45, 2.75) is 12.5 Å². The van der Waals surface area contributed by atoms with Gasteiger partial charge in [-0.05, 0) is 30.3 Å². The SMILES string of the molecule is COc1ccc(C2CC(c3cc(Cl)ccc3O)=NN2)c(OC)c1. The van der Waals surface area contributed by atoms with Crippen LogP contribution in [0.5, 0.6) is 17.2 Å². The van der Waals surface area contributed by atoms with Gasteiger partial charge in [0.05, 0.1) is 26.0 Å². The number of methoxy groups -OCH3 is 2. The van der Waals surface area contributed by atoms with Gasteiger partial charge < -0.3 is 20.0 Å². The Bertz CT molecular complexity index is 761. The van der Waals surface area contributed by atoms with Crippen molar-refractivity contribution in [2.24, 2.45) is 5.10 Å². The fraction of sp³-hybridized carbons (Fsp3) is 0.235. The number of halogens is 1. The fourth-order valence-electron chi connectivity index (χ4n) is 2.64. The summed E-state index contributed by atoms with van der Waals surface area (Å²) >= 11 is 6.01. The van der Waals surface area contributed by atoms with E-state index in [4.69, 9.17) is 21.1 Å². The monoisotopic (exact) mass is 332 g/mol. The van der Waals surface area contributed by atoms with E-state index >= 15 is 0 Å². The molecule has 0 saturated heterocycles. The van der Waals surface area contributed by atoms with Gasteiger partial charge in [-0.1, -0.05) is 11.6 Å². The van der Waals surface area contributed by atoms with Gasteiger partial charge in [-0.25, -0.2) is 0 Å². The number of rotatable bonds is 4. The molecule has 23 heavy (non-hydrogen) atoms. The standard InChI is InChI=1S/C17H17ClN2O3/c1-22-11-4-5-12(17(8-11)23-2)14-9-15(20-19-14)13-7-10(18)3-6-16(13)21/h3-8,14,19,21H,9H2,1-2H3. The van der Waals surface area contributed by atoms with Gasteiger partial charge in [0.1, 0.15) is 17.2 Å². The summed E-state index contributed by atoms with van der Waals surface area (Å²) in [6, 6.07) is 10.6.